The van der Waals surface area contributed by atoms with Crippen LogP contribution < -0.4 is 10.9 Å². The summed E-state index contributed by atoms with van der Waals surface area (Å²) < 4.78 is 12.7. The molecule has 7 nitrogen and oxygen atoms in total. The minimum Gasteiger partial charge on any atom is -0.467 e. The molecule has 3 aromatic rings. The number of thioether (sulfide) groups is 1. The maximum atomic E-state index is 13.5. The van der Waals surface area contributed by atoms with Crippen LogP contribution in [0.2, 0.25) is 0 Å². The van der Waals surface area contributed by atoms with Gasteiger partial charge in [-0.3, -0.25) is 14.2 Å². The van der Waals surface area contributed by atoms with Crippen molar-refractivity contribution in [3.63, 3.8) is 0 Å². The molecule has 164 valence electrons. The Morgan fingerprint density at radius 3 is 3.03 bits per heavy atom. The Hall–Kier alpha value is -2.10. The standard InChI is InChI=1S/C22H25N3O4S2/c26-18(23-11-14-5-3-9-28-14)13-30-22-24-20-19(16-7-1-2-8-17(16)31-20)21(27)25(22)12-15-6-4-10-29-15/h4,6,10,14H,1-3,5,7-9,11-13H2,(H,23,26). The molecule has 1 unspecified atom stereocenters. The molecule has 0 aromatic carbocycles. The first-order valence-electron chi connectivity index (χ1n) is 10.8. The number of rotatable bonds is 7. The number of hydrogen-bond acceptors (Lipinski definition) is 7. The van der Waals surface area contributed by atoms with E-state index >= 15 is 0 Å². The van der Waals surface area contributed by atoms with Crippen LogP contribution in [0.15, 0.2) is 32.8 Å². The predicted octanol–water partition coefficient (Wildman–Crippen LogP) is 3.37. The minimum atomic E-state index is -0.0788. The molecule has 1 atom stereocenters. The Kier molecular flexibility index (Phi) is 6.15. The fraction of sp³-hybridized carbons (Fsp3) is 0.500. The Labute approximate surface area is 188 Å². The number of aromatic nitrogens is 2. The number of ether oxygens (including phenoxy) is 1. The lowest BCUT2D eigenvalue weighted by molar-refractivity contribution is -0.119. The second-order valence-electron chi connectivity index (χ2n) is 7.98. The third kappa shape index (κ3) is 4.44. The van der Waals surface area contributed by atoms with Gasteiger partial charge in [0.1, 0.15) is 10.6 Å². The average molecular weight is 460 g/mol. The van der Waals surface area contributed by atoms with Crippen LogP contribution in [-0.4, -0.2) is 40.5 Å². The maximum Gasteiger partial charge on any atom is 0.263 e. The van der Waals surface area contributed by atoms with Gasteiger partial charge in [-0.05, 0) is 56.2 Å². The lowest BCUT2D eigenvalue weighted by atomic mass is 9.97. The zero-order valence-electron chi connectivity index (χ0n) is 17.2. The molecule has 31 heavy (non-hydrogen) atoms. The first kappa shape index (κ1) is 20.8. The first-order valence-corrected chi connectivity index (χ1v) is 12.6. The van der Waals surface area contributed by atoms with E-state index in [4.69, 9.17) is 14.1 Å². The maximum absolute atomic E-state index is 13.5. The highest BCUT2D eigenvalue weighted by Crippen LogP contribution is 2.34. The van der Waals surface area contributed by atoms with Crippen molar-refractivity contribution in [3.8, 4) is 0 Å². The van der Waals surface area contributed by atoms with E-state index in [-0.39, 0.29) is 23.3 Å². The largest absolute Gasteiger partial charge is 0.467 e. The summed E-state index contributed by atoms with van der Waals surface area (Å²) in [7, 11) is 0. The molecular formula is C22H25N3O4S2. The van der Waals surface area contributed by atoms with Crippen LogP contribution >= 0.6 is 23.1 Å². The molecule has 3 aromatic heterocycles. The third-order valence-electron chi connectivity index (χ3n) is 5.82. The van der Waals surface area contributed by atoms with Gasteiger partial charge in [-0.25, -0.2) is 4.98 Å². The fourth-order valence-corrected chi connectivity index (χ4v) is 6.37. The number of fused-ring (bicyclic) bond motifs is 3. The summed E-state index contributed by atoms with van der Waals surface area (Å²) in [6.07, 6.45) is 7.96. The number of hydrogen-bond donors (Lipinski definition) is 1. The van der Waals surface area contributed by atoms with Crippen LogP contribution in [-0.2, 0) is 28.9 Å². The quantitative estimate of drug-likeness (QED) is 0.431. The van der Waals surface area contributed by atoms with Gasteiger partial charge < -0.3 is 14.5 Å². The van der Waals surface area contributed by atoms with Gasteiger partial charge in [0.2, 0.25) is 5.91 Å². The number of nitrogens with zero attached hydrogens (tertiary/aromatic N) is 2. The number of furan rings is 1. The van der Waals surface area contributed by atoms with Crippen molar-refractivity contribution in [3.05, 3.63) is 45.0 Å². The minimum absolute atomic E-state index is 0.0388. The Morgan fingerprint density at radius 1 is 1.32 bits per heavy atom. The van der Waals surface area contributed by atoms with E-state index in [1.807, 2.05) is 12.1 Å². The predicted molar refractivity (Wildman–Crippen MR) is 121 cm³/mol. The molecule has 1 aliphatic heterocycles. The summed E-state index contributed by atoms with van der Waals surface area (Å²) in [5.74, 6) is 0.815. The third-order valence-corrected chi connectivity index (χ3v) is 7.98. The van der Waals surface area contributed by atoms with Gasteiger partial charge in [0, 0.05) is 18.0 Å². The van der Waals surface area contributed by atoms with E-state index in [0.717, 1.165) is 55.3 Å². The molecule has 1 N–H and O–H groups in total. The van der Waals surface area contributed by atoms with Gasteiger partial charge in [0.05, 0.1) is 30.1 Å². The lowest BCUT2D eigenvalue weighted by Crippen LogP contribution is -2.33. The molecular weight excluding hydrogens is 434 g/mol. The summed E-state index contributed by atoms with van der Waals surface area (Å²) in [5.41, 5.74) is 1.13. The second kappa shape index (κ2) is 9.18. The number of carbonyl (C=O) groups is 1. The van der Waals surface area contributed by atoms with Crippen LogP contribution in [0.25, 0.3) is 10.2 Å². The van der Waals surface area contributed by atoms with Crippen molar-refractivity contribution in [2.24, 2.45) is 0 Å². The average Bonchev–Trinajstić information content (AvgIpc) is 3.53. The Morgan fingerprint density at radius 2 is 2.23 bits per heavy atom. The molecule has 4 heterocycles. The molecule has 0 saturated carbocycles. The zero-order chi connectivity index (χ0) is 21.2. The van der Waals surface area contributed by atoms with Crippen LogP contribution in [0.5, 0.6) is 0 Å². The summed E-state index contributed by atoms with van der Waals surface area (Å²) in [6, 6.07) is 3.66. The molecule has 1 fully saturated rings. The van der Waals surface area contributed by atoms with Crippen molar-refractivity contribution < 1.29 is 13.9 Å². The lowest BCUT2D eigenvalue weighted by Gasteiger charge is -2.13. The van der Waals surface area contributed by atoms with Crippen molar-refractivity contribution in [2.45, 2.75) is 56.3 Å². The fourth-order valence-electron chi connectivity index (χ4n) is 4.24. The summed E-state index contributed by atoms with van der Waals surface area (Å²) in [6.45, 7) is 1.60. The van der Waals surface area contributed by atoms with Crippen LogP contribution in [0.1, 0.15) is 41.9 Å². The van der Waals surface area contributed by atoms with E-state index in [0.29, 0.717) is 24.0 Å². The topological polar surface area (TPSA) is 86.4 Å². The normalized spacial score (nSPS) is 18.4. The van der Waals surface area contributed by atoms with Crippen molar-refractivity contribution in [1.82, 2.24) is 14.9 Å². The van der Waals surface area contributed by atoms with Crippen LogP contribution in [0, 0.1) is 0 Å². The summed E-state index contributed by atoms with van der Waals surface area (Å²) in [5, 5.41) is 4.24. The molecule has 0 spiro atoms. The highest BCUT2D eigenvalue weighted by atomic mass is 32.2. The number of nitrogens with one attached hydrogen (secondary N) is 1. The van der Waals surface area contributed by atoms with Crippen molar-refractivity contribution in [2.75, 3.05) is 18.9 Å². The smallest absolute Gasteiger partial charge is 0.263 e. The molecule has 0 bridgehead atoms. The van der Waals surface area contributed by atoms with Crippen molar-refractivity contribution in [1.29, 1.82) is 0 Å². The second-order valence-corrected chi connectivity index (χ2v) is 10.0. The summed E-state index contributed by atoms with van der Waals surface area (Å²) in [4.78, 5) is 32.8. The Bertz CT molecular complexity index is 1130. The zero-order valence-corrected chi connectivity index (χ0v) is 18.9. The van der Waals surface area contributed by atoms with Crippen molar-refractivity contribution >= 4 is 39.2 Å². The van der Waals surface area contributed by atoms with E-state index in [9.17, 15) is 9.59 Å². The summed E-state index contributed by atoms with van der Waals surface area (Å²) >= 11 is 2.93. The SMILES string of the molecule is O=C(CSc1nc2sc3c(c2c(=O)n1Cc1ccco1)CCCC3)NCC1CCCO1. The highest BCUT2D eigenvalue weighted by molar-refractivity contribution is 7.99. The molecule has 9 heteroatoms. The van der Waals surface area contributed by atoms with Gasteiger partial charge in [-0.15, -0.1) is 11.3 Å². The number of amides is 1. The van der Waals surface area contributed by atoms with Gasteiger partial charge >= 0.3 is 0 Å². The molecule has 1 amide bonds. The molecule has 1 aliphatic carbocycles. The van der Waals surface area contributed by atoms with Crippen LogP contribution in [0.3, 0.4) is 0 Å². The highest BCUT2D eigenvalue weighted by Gasteiger charge is 2.23. The molecule has 1 saturated heterocycles. The molecule has 0 radical (unpaired) electrons. The van der Waals surface area contributed by atoms with E-state index < -0.39 is 0 Å². The molecule has 5 rings (SSSR count). The van der Waals surface area contributed by atoms with Gasteiger partial charge in [-0.2, -0.15) is 0 Å². The number of carbonyl (C=O) groups excluding carboxylic acids is 1. The number of thiophene rings is 1. The monoisotopic (exact) mass is 459 g/mol. The van der Waals surface area contributed by atoms with Gasteiger partial charge in [0.15, 0.2) is 5.16 Å². The van der Waals surface area contributed by atoms with Gasteiger partial charge in [0.25, 0.3) is 5.56 Å². The van der Waals surface area contributed by atoms with E-state index in [1.54, 1.807) is 22.2 Å². The number of aryl methyl sites for hydroxylation is 2. The molecule has 2 aliphatic rings. The Balaban J connectivity index is 1.41. The van der Waals surface area contributed by atoms with Gasteiger partial charge in [-0.1, -0.05) is 11.8 Å². The van der Waals surface area contributed by atoms with Crippen LogP contribution in [0.4, 0.5) is 0 Å². The van der Waals surface area contributed by atoms with E-state index in [1.165, 1.54) is 22.2 Å². The first-order chi connectivity index (χ1) is 15.2. The van der Waals surface area contributed by atoms with E-state index in [2.05, 4.69) is 5.32 Å².